The van der Waals surface area contributed by atoms with E-state index in [4.69, 9.17) is 9.15 Å². The maximum Gasteiger partial charge on any atom is 0.149 e. The number of ether oxygens (including phenoxy) is 1. The second kappa shape index (κ2) is 5.10. The van der Waals surface area contributed by atoms with Crippen LogP contribution in [0.4, 0.5) is 0 Å². The fourth-order valence-electron chi connectivity index (χ4n) is 2.07. The maximum absolute atomic E-state index is 5.90. The van der Waals surface area contributed by atoms with Crippen molar-refractivity contribution in [3.63, 3.8) is 0 Å². The maximum atomic E-state index is 5.90. The topological polar surface area (TPSA) is 22.4 Å². The van der Waals surface area contributed by atoms with Gasteiger partial charge in [-0.25, -0.2) is 0 Å². The molecule has 96 valence electrons. The molecule has 3 rings (SSSR count). The molecule has 0 aliphatic carbocycles. The summed E-state index contributed by atoms with van der Waals surface area (Å²) in [6, 6.07) is 15.9. The standard InChI is InChI=1S/C16H13BrO2/c1-2-18-12-9-7-11(8-10-12)16-15(17)13-5-3-4-6-14(13)19-16/h3-10H,2H2,1H3. The van der Waals surface area contributed by atoms with Crippen LogP contribution in [-0.4, -0.2) is 6.61 Å². The van der Waals surface area contributed by atoms with Crippen molar-refractivity contribution in [2.24, 2.45) is 0 Å². The Bertz CT molecular complexity index is 698. The number of halogens is 1. The summed E-state index contributed by atoms with van der Waals surface area (Å²) in [5.41, 5.74) is 1.92. The molecule has 0 unspecified atom stereocenters. The van der Waals surface area contributed by atoms with Gasteiger partial charge in [0.15, 0.2) is 0 Å². The van der Waals surface area contributed by atoms with E-state index in [1.54, 1.807) is 0 Å². The largest absolute Gasteiger partial charge is 0.494 e. The summed E-state index contributed by atoms with van der Waals surface area (Å²) in [5, 5.41) is 1.09. The Morgan fingerprint density at radius 1 is 1.05 bits per heavy atom. The van der Waals surface area contributed by atoms with E-state index in [1.807, 2.05) is 55.5 Å². The summed E-state index contributed by atoms with van der Waals surface area (Å²) in [4.78, 5) is 0. The lowest BCUT2D eigenvalue weighted by molar-refractivity contribution is 0.340. The summed E-state index contributed by atoms with van der Waals surface area (Å²) in [5.74, 6) is 1.72. The van der Waals surface area contributed by atoms with Crippen LogP contribution in [0.15, 0.2) is 57.4 Å². The van der Waals surface area contributed by atoms with Crippen LogP contribution in [0.1, 0.15) is 6.92 Å². The van der Waals surface area contributed by atoms with E-state index in [0.717, 1.165) is 32.5 Å². The molecule has 0 spiro atoms. The fraction of sp³-hybridized carbons (Fsp3) is 0.125. The molecule has 1 aromatic heterocycles. The summed E-state index contributed by atoms with van der Waals surface area (Å²) in [7, 11) is 0. The van der Waals surface area contributed by atoms with Gasteiger partial charge in [0.2, 0.25) is 0 Å². The van der Waals surface area contributed by atoms with Crippen LogP contribution in [0.2, 0.25) is 0 Å². The molecule has 2 aromatic carbocycles. The molecule has 0 amide bonds. The third-order valence-corrected chi connectivity index (χ3v) is 3.75. The number of fused-ring (bicyclic) bond motifs is 1. The van der Waals surface area contributed by atoms with Crippen LogP contribution in [0.5, 0.6) is 5.75 Å². The van der Waals surface area contributed by atoms with E-state index in [0.29, 0.717) is 6.61 Å². The van der Waals surface area contributed by atoms with E-state index in [1.165, 1.54) is 0 Å². The van der Waals surface area contributed by atoms with Gasteiger partial charge in [-0.2, -0.15) is 0 Å². The van der Waals surface area contributed by atoms with Crippen molar-refractivity contribution in [2.75, 3.05) is 6.61 Å². The van der Waals surface area contributed by atoms with Crippen molar-refractivity contribution >= 4 is 26.9 Å². The number of para-hydroxylation sites is 1. The average Bonchev–Trinajstić information content (AvgIpc) is 2.78. The lowest BCUT2D eigenvalue weighted by Crippen LogP contribution is -1.90. The first-order valence-corrected chi connectivity index (χ1v) is 6.99. The van der Waals surface area contributed by atoms with Crippen LogP contribution in [0, 0.1) is 0 Å². The molecular weight excluding hydrogens is 304 g/mol. The average molecular weight is 317 g/mol. The van der Waals surface area contributed by atoms with E-state index < -0.39 is 0 Å². The van der Waals surface area contributed by atoms with Crippen LogP contribution >= 0.6 is 15.9 Å². The van der Waals surface area contributed by atoms with Gasteiger partial charge >= 0.3 is 0 Å². The molecule has 0 saturated heterocycles. The monoisotopic (exact) mass is 316 g/mol. The van der Waals surface area contributed by atoms with Gasteiger partial charge < -0.3 is 9.15 Å². The summed E-state index contributed by atoms with van der Waals surface area (Å²) < 4.78 is 12.3. The second-order valence-electron chi connectivity index (χ2n) is 4.20. The van der Waals surface area contributed by atoms with Gasteiger partial charge in [-0.1, -0.05) is 12.1 Å². The van der Waals surface area contributed by atoms with Gasteiger partial charge in [0, 0.05) is 10.9 Å². The third-order valence-electron chi connectivity index (χ3n) is 2.96. The Labute approximate surface area is 120 Å². The minimum absolute atomic E-state index is 0.674. The Morgan fingerprint density at radius 2 is 1.79 bits per heavy atom. The van der Waals surface area contributed by atoms with Gasteiger partial charge in [0.1, 0.15) is 17.1 Å². The Balaban J connectivity index is 2.06. The minimum atomic E-state index is 0.674. The highest BCUT2D eigenvalue weighted by molar-refractivity contribution is 9.10. The molecule has 0 bridgehead atoms. The molecule has 19 heavy (non-hydrogen) atoms. The SMILES string of the molecule is CCOc1ccc(-c2oc3ccccc3c2Br)cc1. The summed E-state index contributed by atoms with van der Waals surface area (Å²) in [6.07, 6.45) is 0. The molecule has 2 nitrogen and oxygen atoms in total. The van der Waals surface area contributed by atoms with E-state index >= 15 is 0 Å². The van der Waals surface area contributed by atoms with Gasteiger partial charge in [-0.05, 0) is 59.3 Å². The van der Waals surface area contributed by atoms with Crippen molar-refractivity contribution < 1.29 is 9.15 Å². The molecule has 3 heteroatoms. The molecule has 0 atom stereocenters. The van der Waals surface area contributed by atoms with Gasteiger partial charge in [-0.15, -0.1) is 0 Å². The van der Waals surface area contributed by atoms with E-state index in [-0.39, 0.29) is 0 Å². The third kappa shape index (κ3) is 2.26. The molecule has 0 N–H and O–H groups in total. The molecular formula is C16H13BrO2. The minimum Gasteiger partial charge on any atom is -0.494 e. The number of hydrogen-bond acceptors (Lipinski definition) is 2. The van der Waals surface area contributed by atoms with E-state index in [2.05, 4.69) is 15.9 Å². The van der Waals surface area contributed by atoms with Gasteiger partial charge in [-0.3, -0.25) is 0 Å². The molecule has 1 heterocycles. The molecule has 0 aliphatic heterocycles. The smallest absolute Gasteiger partial charge is 0.149 e. The molecule has 0 saturated carbocycles. The Kier molecular flexibility index (Phi) is 3.30. The summed E-state index contributed by atoms with van der Waals surface area (Å²) >= 11 is 3.61. The van der Waals surface area contributed by atoms with Crippen LogP contribution < -0.4 is 4.74 Å². The number of benzene rings is 2. The predicted octanol–water partition coefficient (Wildman–Crippen LogP) is 5.26. The lowest BCUT2D eigenvalue weighted by Gasteiger charge is -2.03. The number of furan rings is 1. The zero-order valence-electron chi connectivity index (χ0n) is 10.5. The van der Waals surface area contributed by atoms with E-state index in [9.17, 15) is 0 Å². The predicted molar refractivity (Wildman–Crippen MR) is 80.5 cm³/mol. The first-order chi connectivity index (χ1) is 9.29. The quantitative estimate of drug-likeness (QED) is 0.657. The highest BCUT2D eigenvalue weighted by atomic mass is 79.9. The van der Waals surface area contributed by atoms with Crippen molar-refractivity contribution in [1.82, 2.24) is 0 Å². The summed E-state index contributed by atoms with van der Waals surface area (Å²) in [6.45, 7) is 2.65. The molecule has 3 aromatic rings. The Morgan fingerprint density at radius 3 is 2.47 bits per heavy atom. The Hall–Kier alpha value is -1.74. The fourth-order valence-corrected chi connectivity index (χ4v) is 2.71. The van der Waals surface area contributed by atoms with Crippen molar-refractivity contribution in [2.45, 2.75) is 6.92 Å². The highest BCUT2D eigenvalue weighted by Gasteiger charge is 2.13. The van der Waals surface area contributed by atoms with Crippen molar-refractivity contribution in [3.05, 3.63) is 53.0 Å². The normalized spacial score (nSPS) is 10.8. The number of hydrogen-bond donors (Lipinski definition) is 0. The van der Waals surface area contributed by atoms with Gasteiger partial charge in [0.05, 0.1) is 11.1 Å². The first kappa shape index (κ1) is 12.3. The zero-order chi connectivity index (χ0) is 13.2. The molecule has 0 aliphatic rings. The van der Waals surface area contributed by atoms with Crippen molar-refractivity contribution in [1.29, 1.82) is 0 Å². The van der Waals surface area contributed by atoms with Crippen LogP contribution in [0.3, 0.4) is 0 Å². The van der Waals surface area contributed by atoms with Gasteiger partial charge in [0.25, 0.3) is 0 Å². The van der Waals surface area contributed by atoms with Crippen LogP contribution in [-0.2, 0) is 0 Å². The second-order valence-corrected chi connectivity index (χ2v) is 4.99. The van der Waals surface area contributed by atoms with Crippen molar-refractivity contribution in [3.8, 4) is 17.1 Å². The highest BCUT2D eigenvalue weighted by Crippen LogP contribution is 2.37. The van der Waals surface area contributed by atoms with Crippen LogP contribution in [0.25, 0.3) is 22.3 Å². The molecule has 0 radical (unpaired) electrons. The first-order valence-electron chi connectivity index (χ1n) is 6.20. The molecule has 0 fully saturated rings. The zero-order valence-corrected chi connectivity index (χ0v) is 12.1. The number of rotatable bonds is 3. The lowest BCUT2D eigenvalue weighted by atomic mass is 10.1.